The second kappa shape index (κ2) is 10.3. The SMILES string of the molecule is O=C1CCCN1CCCN1CCN(c2ccc(S(=O)(=O)N3CCOCC3)cc2[N+](=O)[O-])CC1. The summed E-state index contributed by atoms with van der Waals surface area (Å²) in [5, 5.41) is 11.8. The fourth-order valence-corrected chi connectivity index (χ4v) is 6.08. The lowest BCUT2D eigenvalue weighted by atomic mass is 10.2. The summed E-state index contributed by atoms with van der Waals surface area (Å²) in [5.41, 5.74) is 0.258. The van der Waals surface area contributed by atoms with Crippen molar-refractivity contribution in [1.82, 2.24) is 14.1 Å². The maximum Gasteiger partial charge on any atom is 0.293 e. The van der Waals surface area contributed by atoms with Gasteiger partial charge in [-0.25, -0.2) is 8.42 Å². The molecule has 0 unspecified atom stereocenters. The summed E-state index contributed by atoms with van der Waals surface area (Å²) in [6, 6.07) is 4.20. The van der Waals surface area contributed by atoms with Crippen LogP contribution in [0.5, 0.6) is 0 Å². The molecule has 12 heteroatoms. The van der Waals surface area contributed by atoms with E-state index < -0.39 is 14.9 Å². The van der Waals surface area contributed by atoms with Crippen LogP contribution in [0, 0.1) is 10.1 Å². The smallest absolute Gasteiger partial charge is 0.293 e. The number of benzene rings is 1. The van der Waals surface area contributed by atoms with Gasteiger partial charge in [0.1, 0.15) is 5.69 Å². The normalized spacial score (nSPS) is 21.0. The van der Waals surface area contributed by atoms with E-state index in [1.165, 1.54) is 16.4 Å². The van der Waals surface area contributed by atoms with E-state index in [0.717, 1.165) is 45.6 Å². The van der Waals surface area contributed by atoms with Crippen LogP contribution in [-0.2, 0) is 19.6 Å². The number of nitrogens with zero attached hydrogens (tertiary/aromatic N) is 5. The number of piperazine rings is 1. The number of hydrogen-bond donors (Lipinski definition) is 0. The van der Waals surface area contributed by atoms with Gasteiger partial charge in [-0.2, -0.15) is 4.31 Å². The number of amides is 1. The van der Waals surface area contributed by atoms with Crippen LogP contribution >= 0.6 is 0 Å². The molecule has 3 aliphatic heterocycles. The summed E-state index contributed by atoms with van der Waals surface area (Å²) < 4.78 is 32.3. The van der Waals surface area contributed by atoms with Crippen molar-refractivity contribution in [3.63, 3.8) is 0 Å². The Morgan fingerprint density at radius 2 is 1.73 bits per heavy atom. The van der Waals surface area contributed by atoms with Crippen molar-refractivity contribution < 1.29 is 22.9 Å². The van der Waals surface area contributed by atoms with Gasteiger partial charge in [0.15, 0.2) is 0 Å². The van der Waals surface area contributed by atoms with Gasteiger partial charge in [-0.05, 0) is 31.5 Å². The third-order valence-corrected chi connectivity index (χ3v) is 8.43. The van der Waals surface area contributed by atoms with E-state index in [1.54, 1.807) is 6.07 Å². The van der Waals surface area contributed by atoms with Crippen LogP contribution in [0.2, 0.25) is 0 Å². The molecule has 182 valence electrons. The second-order valence-electron chi connectivity index (χ2n) is 8.59. The van der Waals surface area contributed by atoms with Gasteiger partial charge in [-0.3, -0.25) is 19.8 Å². The molecule has 1 amide bonds. The molecule has 0 atom stereocenters. The van der Waals surface area contributed by atoms with E-state index in [1.807, 2.05) is 9.80 Å². The summed E-state index contributed by atoms with van der Waals surface area (Å²) in [5.74, 6) is 0.242. The van der Waals surface area contributed by atoms with Crippen molar-refractivity contribution in [3.05, 3.63) is 28.3 Å². The minimum atomic E-state index is -3.80. The monoisotopic (exact) mass is 481 g/mol. The molecule has 0 aliphatic carbocycles. The van der Waals surface area contributed by atoms with Gasteiger partial charge in [0.25, 0.3) is 5.69 Å². The van der Waals surface area contributed by atoms with Crippen LogP contribution in [0.3, 0.4) is 0 Å². The number of carbonyl (C=O) groups is 1. The van der Waals surface area contributed by atoms with E-state index in [2.05, 4.69) is 4.90 Å². The predicted octanol–water partition coefficient (Wildman–Crippen LogP) is 0.750. The van der Waals surface area contributed by atoms with E-state index in [0.29, 0.717) is 38.4 Å². The molecule has 33 heavy (non-hydrogen) atoms. The average molecular weight is 482 g/mol. The maximum atomic E-state index is 12.9. The highest BCUT2D eigenvalue weighted by Gasteiger charge is 2.31. The highest BCUT2D eigenvalue weighted by atomic mass is 32.2. The number of hydrogen-bond acceptors (Lipinski definition) is 8. The minimum absolute atomic E-state index is 0.0602. The van der Waals surface area contributed by atoms with Crippen LogP contribution in [0.4, 0.5) is 11.4 Å². The Morgan fingerprint density at radius 3 is 2.36 bits per heavy atom. The number of anilines is 1. The Bertz CT molecular complexity index is 973. The van der Waals surface area contributed by atoms with Crippen LogP contribution in [0.25, 0.3) is 0 Å². The molecule has 0 saturated carbocycles. The Morgan fingerprint density at radius 1 is 1.00 bits per heavy atom. The summed E-state index contributed by atoms with van der Waals surface area (Å²) in [6.45, 7) is 6.41. The fourth-order valence-electron chi connectivity index (χ4n) is 4.65. The fraction of sp³-hybridized carbons (Fsp3) is 0.667. The van der Waals surface area contributed by atoms with Crippen molar-refractivity contribution in [2.24, 2.45) is 0 Å². The molecule has 0 radical (unpaired) electrons. The van der Waals surface area contributed by atoms with Gasteiger partial charge in [0.05, 0.1) is 23.0 Å². The van der Waals surface area contributed by atoms with Gasteiger partial charge in [0.2, 0.25) is 15.9 Å². The van der Waals surface area contributed by atoms with Crippen molar-refractivity contribution in [2.75, 3.05) is 77.0 Å². The van der Waals surface area contributed by atoms with Crippen LogP contribution in [0.15, 0.2) is 23.1 Å². The van der Waals surface area contributed by atoms with E-state index in [-0.39, 0.29) is 29.6 Å². The lowest BCUT2D eigenvalue weighted by Gasteiger charge is -2.36. The van der Waals surface area contributed by atoms with Gasteiger partial charge >= 0.3 is 0 Å². The Hall–Kier alpha value is -2.28. The lowest BCUT2D eigenvalue weighted by molar-refractivity contribution is -0.384. The number of morpholine rings is 1. The lowest BCUT2D eigenvalue weighted by Crippen LogP contribution is -2.47. The zero-order chi connectivity index (χ0) is 23.4. The number of sulfonamides is 1. The van der Waals surface area contributed by atoms with Crippen molar-refractivity contribution in [2.45, 2.75) is 24.2 Å². The number of nitro benzene ring substituents is 1. The third kappa shape index (κ3) is 5.45. The molecule has 0 spiro atoms. The summed E-state index contributed by atoms with van der Waals surface area (Å²) in [7, 11) is -3.80. The van der Waals surface area contributed by atoms with Crippen molar-refractivity contribution in [1.29, 1.82) is 0 Å². The zero-order valence-electron chi connectivity index (χ0n) is 18.7. The second-order valence-corrected chi connectivity index (χ2v) is 10.5. The predicted molar refractivity (Wildman–Crippen MR) is 122 cm³/mol. The summed E-state index contributed by atoms with van der Waals surface area (Å²) in [4.78, 5) is 29.1. The molecule has 4 rings (SSSR count). The minimum Gasteiger partial charge on any atom is -0.379 e. The van der Waals surface area contributed by atoms with Gasteiger partial charge in [0, 0.05) is 64.8 Å². The molecule has 0 aromatic heterocycles. The largest absolute Gasteiger partial charge is 0.379 e. The first-order valence-corrected chi connectivity index (χ1v) is 12.9. The summed E-state index contributed by atoms with van der Waals surface area (Å²) in [6.07, 6.45) is 2.52. The average Bonchev–Trinajstić information content (AvgIpc) is 3.24. The molecule has 3 saturated heterocycles. The van der Waals surface area contributed by atoms with Gasteiger partial charge in [-0.15, -0.1) is 0 Å². The molecule has 3 heterocycles. The Kier molecular flexibility index (Phi) is 7.47. The zero-order valence-corrected chi connectivity index (χ0v) is 19.5. The van der Waals surface area contributed by atoms with Crippen LogP contribution < -0.4 is 4.90 Å². The summed E-state index contributed by atoms with van der Waals surface area (Å²) >= 11 is 0. The van der Waals surface area contributed by atoms with Crippen LogP contribution in [0.1, 0.15) is 19.3 Å². The molecular formula is C21H31N5O6S. The standard InChI is InChI=1S/C21H31N5O6S/c27-21-3-1-7-24(21)8-2-6-22-9-11-23(12-10-22)19-5-4-18(17-20(19)26(28)29)33(30,31)25-13-15-32-16-14-25/h4-5,17H,1-3,6-16H2. The topological polar surface area (TPSA) is 117 Å². The van der Waals surface area contributed by atoms with Crippen molar-refractivity contribution >= 4 is 27.3 Å². The maximum absolute atomic E-state index is 12.9. The van der Waals surface area contributed by atoms with Gasteiger partial charge < -0.3 is 14.5 Å². The molecule has 3 aliphatic rings. The van der Waals surface area contributed by atoms with Crippen molar-refractivity contribution in [3.8, 4) is 0 Å². The van der Waals surface area contributed by atoms with Crippen LogP contribution in [-0.4, -0.2) is 105 Å². The van der Waals surface area contributed by atoms with E-state index in [9.17, 15) is 23.3 Å². The molecule has 11 nitrogen and oxygen atoms in total. The highest BCUT2D eigenvalue weighted by Crippen LogP contribution is 2.32. The highest BCUT2D eigenvalue weighted by molar-refractivity contribution is 7.89. The van der Waals surface area contributed by atoms with E-state index >= 15 is 0 Å². The molecule has 0 N–H and O–H groups in total. The number of rotatable bonds is 8. The third-order valence-electron chi connectivity index (χ3n) is 6.54. The Labute approximate surface area is 194 Å². The molecule has 1 aromatic carbocycles. The first-order chi connectivity index (χ1) is 15.9. The number of ether oxygens (including phenoxy) is 1. The molecule has 1 aromatic rings. The quantitative estimate of drug-likeness (QED) is 0.395. The number of nitro groups is 1. The van der Waals surface area contributed by atoms with Gasteiger partial charge in [-0.1, -0.05) is 0 Å². The number of likely N-dealkylation sites (tertiary alicyclic amines) is 1. The number of carbonyl (C=O) groups excluding carboxylic acids is 1. The molecule has 3 fully saturated rings. The first-order valence-electron chi connectivity index (χ1n) is 11.5. The molecular weight excluding hydrogens is 450 g/mol. The first kappa shape index (κ1) is 23.9. The molecule has 0 bridgehead atoms. The van der Waals surface area contributed by atoms with E-state index in [4.69, 9.17) is 4.74 Å². The Balaban J connectivity index is 1.37.